The lowest BCUT2D eigenvalue weighted by Crippen LogP contribution is -3.11. The second-order valence-electron chi connectivity index (χ2n) is 8.99. The van der Waals surface area contributed by atoms with E-state index in [4.69, 9.17) is 4.74 Å². The molecular formula is C27H28N3O+. The van der Waals surface area contributed by atoms with E-state index in [1.807, 2.05) is 0 Å². The standard InChI is InChI=1S/C27H27N3O/c1-29-17-15-27(16-18-29)30-25(23-9-5-6-10-26(23)31-27)19-24(28-30)22-13-11-21(12-14-22)20-7-3-2-4-8-20/h2-14,19,25,28H,15-18H2,1H3/p+1/t25-/m0/s1. The third-order valence-electron chi connectivity index (χ3n) is 7.01. The Morgan fingerprint density at radius 1 is 0.839 bits per heavy atom. The molecule has 0 amide bonds. The number of likely N-dealkylation sites (tertiary alicyclic amines) is 1. The van der Waals surface area contributed by atoms with Gasteiger partial charge in [0, 0.05) is 5.56 Å². The molecule has 0 aromatic heterocycles. The summed E-state index contributed by atoms with van der Waals surface area (Å²) in [6.07, 6.45) is 4.40. The predicted octanol–water partition coefficient (Wildman–Crippen LogP) is 3.65. The molecule has 3 aliphatic heterocycles. The van der Waals surface area contributed by atoms with Crippen molar-refractivity contribution in [2.75, 3.05) is 20.1 Å². The van der Waals surface area contributed by atoms with Crippen molar-refractivity contribution < 1.29 is 9.64 Å². The highest BCUT2D eigenvalue weighted by molar-refractivity contribution is 5.71. The molecule has 6 rings (SSSR count). The first-order valence-corrected chi connectivity index (χ1v) is 11.2. The Morgan fingerprint density at radius 3 is 2.26 bits per heavy atom. The minimum atomic E-state index is -0.291. The molecular weight excluding hydrogens is 382 g/mol. The number of para-hydroxylation sites is 1. The van der Waals surface area contributed by atoms with Gasteiger partial charge < -0.3 is 15.1 Å². The Bertz CT molecular complexity index is 1110. The van der Waals surface area contributed by atoms with Gasteiger partial charge in [0.1, 0.15) is 5.75 Å². The zero-order valence-electron chi connectivity index (χ0n) is 17.8. The highest BCUT2D eigenvalue weighted by Crippen LogP contribution is 2.47. The molecule has 0 radical (unpaired) electrons. The van der Waals surface area contributed by atoms with Crippen LogP contribution < -0.4 is 15.1 Å². The van der Waals surface area contributed by atoms with E-state index in [0.717, 1.165) is 37.4 Å². The smallest absolute Gasteiger partial charge is 0.191 e. The van der Waals surface area contributed by atoms with E-state index in [2.05, 4.69) is 102 Å². The van der Waals surface area contributed by atoms with Gasteiger partial charge in [-0.3, -0.25) is 0 Å². The second-order valence-corrected chi connectivity index (χ2v) is 8.99. The Hall–Kier alpha value is -3.08. The largest absolute Gasteiger partial charge is 0.470 e. The average Bonchev–Trinajstić information content (AvgIpc) is 3.29. The van der Waals surface area contributed by atoms with Gasteiger partial charge in [-0.05, 0) is 28.8 Å². The van der Waals surface area contributed by atoms with Gasteiger partial charge in [0.15, 0.2) is 5.72 Å². The summed E-state index contributed by atoms with van der Waals surface area (Å²) >= 11 is 0. The van der Waals surface area contributed by atoms with E-state index in [-0.39, 0.29) is 11.8 Å². The maximum Gasteiger partial charge on any atom is 0.191 e. The normalized spacial score (nSPS) is 27.1. The van der Waals surface area contributed by atoms with Gasteiger partial charge in [-0.15, -0.1) is 0 Å². The highest BCUT2D eigenvalue weighted by atomic mass is 16.5. The number of nitrogens with zero attached hydrogens (tertiary/aromatic N) is 1. The van der Waals surface area contributed by atoms with Crippen LogP contribution in [0.25, 0.3) is 16.8 Å². The first-order valence-electron chi connectivity index (χ1n) is 11.2. The lowest BCUT2D eigenvalue weighted by molar-refractivity contribution is -0.888. The van der Waals surface area contributed by atoms with Gasteiger partial charge in [0.05, 0.1) is 44.7 Å². The van der Waals surface area contributed by atoms with Crippen LogP contribution in [0.2, 0.25) is 0 Å². The summed E-state index contributed by atoms with van der Waals surface area (Å²) in [4.78, 5) is 1.58. The van der Waals surface area contributed by atoms with Crippen LogP contribution in [0.1, 0.15) is 30.0 Å². The minimum absolute atomic E-state index is 0.187. The molecule has 4 heteroatoms. The molecule has 1 atom stereocenters. The van der Waals surface area contributed by atoms with Gasteiger partial charge in [0.25, 0.3) is 0 Å². The Morgan fingerprint density at radius 2 is 1.48 bits per heavy atom. The van der Waals surface area contributed by atoms with E-state index < -0.39 is 0 Å². The molecule has 4 nitrogen and oxygen atoms in total. The molecule has 1 fully saturated rings. The number of benzene rings is 3. The molecule has 3 aromatic rings. The number of piperidine rings is 1. The number of rotatable bonds is 2. The summed E-state index contributed by atoms with van der Waals surface area (Å²) in [6, 6.07) is 28.1. The van der Waals surface area contributed by atoms with Crippen molar-refractivity contribution in [2.45, 2.75) is 24.6 Å². The first kappa shape index (κ1) is 18.7. The Balaban J connectivity index is 1.35. The number of hydrazine groups is 1. The average molecular weight is 411 g/mol. The molecule has 0 aliphatic carbocycles. The monoisotopic (exact) mass is 410 g/mol. The van der Waals surface area contributed by atoms with Crippen molar-refractivity contribution in [1.82, 2.24) is 10.4 Å². The van der Waals surface area contributed by atoms with Crippen molar-refractivity contribution in [1.29, 1.82) is 0 Å². The van der Waals surface area contributed by atoms with Crippen LogP contribution in [-0.4, -0.2) is 30.9 Å². The summed E-state index contributed by atoms with van der Waals surface area (Å²) in [5.74, 6) is 1.03. The van der Waals surface area contributed by atoms with Gasteiger partial charge in [-0.1, -0.05) is 72.8 Å². The fraction of sp³-hybridized carbons (Fsp3) is 0.259. The SMILES string of the molecule is C[NH+]1CCC2(CC1)Oc1ccccc1[C@@H]1C=C(c3ccc(-c4ccccc4)cc3)NN12. The van der Waals surface area contributed by atoms with E-state index in [9.17, 15) is 0 Å². The van der Waals surface area contributed by atoms with Crippen molar-refractivity contribution in [3.63, 3.8) is 0 Å². The molecule has 0 unspecified atom stereocenters. The van der Waals surface area contributed by atoms with Gasteiger partial charge in [0.2, 0.25) is 0 Å². The van der Waals surface area contributed by atoms with Crippen molar-refractivity contribution in [3.05, 3.63) is 96.1 Å². The van der Waals surface area contributed by atoms with Crippen molar-refractivity contribution in [2.24, 2.45) is 0 Å². The maximum atomic E-state index is 6.70. The Kier molecular flexibility index (Phi) is 4.37. The van der Waals surface area contributed by atoms with Crippen LogP contribution in [0.3, 0.4) is 0 Å². The zero-order valence-corrected chi connectivity index (χ0v) is 17.8. The summed E-state index contributed by atoms with van der Waals surface area (Å²) < 4.78 is 6.70. The molecule has 1 saturated heterocycles. The summed E-state index contributed by atoms with van der Waals surface area (Å²) in [5, 5.41) is 2.38. The third-order valence-corrected chi connectivity index (χ3v) is 7.01. The molecule has 0 saturated carbocycles. The van der Waals surface area contributed by atoms with Crippen molar-refractivity contribution in [3.8, 4) is 16.9 Å². The first-order chi connectivity index (χ1) is 15.2. The number of ether oxygens (including phenoxy) is 1. The molecule has 156 valence electrons. The number of nitrogens with one attached hydrogen (secondary N) is 2. The van der Waals surface area contributed by atoms with Crippen LogP contribution in [-0.2, 0) is 0 Å². The third kappa shape index (κ3) is 3.14. The number of fused-ring (bicyclic) bond motifs is 4. The molecule has 3 aromatic carbocycles. The van der Waals surface area contributed by atoms with Crippen LogP contribution in [0.5, 0.6) is 5.75 Å². The minimum Gasteiger partial charge on any atom is -0.470 e. The Labute approximate surface area is 183 Å². The number of quaternary nitrogens is 1. The molecule has 3 heterocycles. The number of hydrogen-bond acceptors (Lipinski definition) is 3. The van der Waals surface area contributed by atoms with E-state index in [1.54, 1.807) is 4.90 Å². The van der Waals surface area contributed by atoms with Crippen LogP contribution >= 0.6 is 0 Å². The summed E-state index contributed by atoms with van der Waals surface area (Å²) in [5.41, 5.74) is 9.55. The van der Waals surface area contributed by atoms with Crippen LogP contribution in [0.15, 0.2) is 84.9 Å². The molecule has 1 spiro atoms. The predicted molar refractivity (Wildman–Crippen MR) is 123 cm³/mol. The van der Waals surface area contributed by atoms with Gasteiger partial charge in [-0.2, -0.15) is 5.01 Å². The maximum absolute atomic E-state index is 6.70. The molecule has 31 heavy (non-hydrogen) atoms. The second kappa shape index (κ2) is 7.26. The molecule has 2 N–H and O–H groups in total. The molecule has 3 aliphatic rings. The lowest BCUT2D eigenvalue weighted by Gasteiger charge is -2.50. The van der Waals surface area contributed by atoms with Gasteiger partial charge in [-0.25, -0.2) is 0 Å². The van der Waals surface area contributed by atoms with Crippen LogP contribution in [0, 0.1) is 0 Å². The van der Waals surface area contributed by atoms with Crippen LogP contribution in [0.4, 0.5) is 0 Å². The quantitative estimate of drug-likeness (QED) is 0.676. The fourth-order valence-corrected chi connectivity index (χ4v) is 5.17. The highest BCUT2D eigenvalue weighted by Gasteiger charge is 2.52. The van der Waals surface area contributed by atoms with Crippen molar-refractivity contribution >= 4 is 5.70 Å². The van der Waals surface area contributed by atoms with E-state index in [0.29, 0.717) is 0 Å². The topological polar surface area (TPSA) is 28.9 Å². The summed E-state index contributed by atoms with van der Waals surface area (Å²) in [7, 11) is 2.27. The summed E-state index contributed by atoms with van der Waals surface area (Å²) in [6.45, 7) is 2.24. The zero-order chi connectivity index (χ0) is 20.8. The number of hydrogen-bond donors (Lipinski definition) is 2. The fourth-order valence-electron chi connectivity index (χ4n) is 5.17. The molecule has 0 bridgehead atoms. The van der Waals surface area contributed by atoms with E-state index >= 15 is 0 Å². The lowest BCUT2D eigenvalue weighted by atomic mass is 9.93. The van der Waals surface area contributed by atoms with Gasteiger partial charge >= 0.3 is 0 Å². The van der Waals surface area contributed by atoms with E-state index in [1.165, 1.54) is 22.3 Å².